The minimum absolute atomic E-state index is 0.00211. The first-order chi connectivity index (χ1) is 8.79. The number of carbonyl (C=O) groups is 1. The van der Waals surface area contributed by atoms with Gasteiger partial charge >= 0.3 is 5.97 Å². The molecule has 0 spiro atoms. The van der Waals surface area contributed by atoms with Crippen LogP contribution in [0.1, 0.15) is 27.2 Å². The summed E-state index contributed by atoms with van der Waals surface area (Å²) in [7, 11) is -3.94. The van der Waals surface area contributed by atoms with E-state index in [9.17, 15) is 13.2 Å². The number of ether oxygens (including phenoxy) is 1. The molecule has 0 bridgehead atoms. The highest BCUT2D eigenvalue weighted by molar-refractivity contribution is 7.93. The summed E-state index contributed by atoms with van der Waals surface area (Å²) < 4.78 is 28.2. The van der Waals surface area contributed by atoms with E-state index in [2.05, 4.69) is 0 Å². The Hall–Kier alpha value is -1.56. The van der Waals surface area contributed by atoms with Gasteiger partial charge < -0.3 is 9.84 Å². The SMILES string of the molecule is CCOc1ccc(S(=O)(=O)C(C)(CC)C(=O)O)cc1. The third-order valence-electron chi connectivity index (χ3n) is 3.17. The largest absolute Gasteiger partial charge is 0.494 e. The number of sulfone groups is 1. The summed E-state index contributed by atoms with van der Waals surface area (Å²) in [5.41, 5.74) is 0. The van der Waals surface area contributed by atoms with Gasteiger partial charge in [-0.3, -0.25) is 4.79 Å². The van der Waals surface area contributed by atoms with Gasteiger partial charge in [0.1, 0.15) is 5.75 Å². The Kier molecular flexibility index (Phi) is 4.57. The monoisotopic (exact) mass is 286 g/mol. The van der Waals surface area contributed by atoms with Gasteiger partial charge in [-0.1, -0.05) is 6.92 Å². The van der Waals surface area contributed by atoms with Crippen molar-refractivity contribution >= 4 is 15.8 Å². The van der Waals surface area contributed by atoms with Crippen LogP contribution in [-0.2, 0) is 14.6 Å². The van der Waals surface area contributed by atoms with E-state index in [1.54, 1.807) is 6.92 Å². The van der Waals surface area contributed by atoms with Crippen LogP contribution in [0.5, 0.6) is 5.75 Å². The zero-order chi connectivity index (χ0) is 14.7. The maximum absolute atomic E-state index is 12.4. The van der Waals surface area contributed by atoms with Crippen molar-refractivity contribution in [2.75, 3.05) is 6.61 Å². The van der Waals surface area contributed by atoms with Crippen LogP contribution in [0.3, 0.4) is 0 Å². The van der Waals surface area contributed by atoms with E-state index in [1.807, 2.05) is 6.92 Å². The van der Waals surface area contributed by atoms with Crippen LogP contribution in [0.2, 0.25) is 0 Å². The molecule has 1 atom stereocenters. The molecule has 19 heavy (non-hydrogen) atoms. The first-order valence-electron chi connectivity index (χ1n) is 6.00. The molecule has 0 aliphatic carbocycles. The molecule has 0 amide bonds. The standard InChI is InChI=1S/C13H18O5S/c1-4-13(3,12(14)15)19(16,17)11-8-6-10(7-9-11)18-5-2/h6-9H,4-5H2,1-3H3,(H,14,15). The van der Waals surface area contributed by atoms with Crippen molar-refractivity contribution in [3.05, 3.63) is 24.3 Å². The molecule has 6 heteroatoms. The average Bonchev–Trinajstić information content (AvgIpc) is 2.38. The molecule has 1 N–H and O–H groups in total. The van der Waals surface area contributed by atoms with Crippen molar-refractivity contribution in [2.24, 2.45) is 0 Å². The second-order valence-corrected chi connectivity index (χ2v) is 6.68. The van der Waals surface area contributed by atoms with Crippen molar-refractivity contribution in [1.82, 2.24) is 0 Å². The van der Waals surface area contributed by atoms with Crippen molar-refractivity contribution in [1.29, 1.82) is 0 Å². The Morgan fingerprint density at radius 2 is 1.79 bits per heavy atom. The number of hydrogen-bond donors (Lipinski definition) is 1. The second-order valence-electron chi connectivity index (χ2n) is 4.30. The molecule has 5 nitrogen and oxygen atoms in total. The van der Waals surface area contributed by atoms with Crippen LogP contribution >= 0.6 is 0 Å². The molecule has 0 aliphatic rings. The molecule has 0 saturated heterocycles. The predicted molar refractivity (Wildman–Crippen MR) is 71.1 cm³/mol. The van der Waals surface area contributed by atoms with E-state index in [1.165, 1.54) is 31.2 Å². The molecule has 0 saturated carbocycles. The van der Waals surface area contributed by atoms with Gasteiger partial charge in [0.25, 0.3) is 0 Å². The van der Waals surface area contributed by atoms with E-state index < -0.39 is 20.6 Å². The van der Waals surface area contributed by atoms with Gasteiger partial charge in [-0.2, -0.15) is 0 Å². The van der Waals surface area contributed by atoms with E-state index in [0.29, 0.717) is 12.4 Å². The van der Waals surface area contributed by atoms with Crippen LogP contribution in [0, 0.1) is 0 Å². The van der Waals surface area contributed by atoms with E-state index in [4.69, 9.17) is 9.84 Å². The van der Waals surface area contributed by atoms with E-state index in [0.717, 1.165) is 0 Å². The minimum Gasteiger partial charge on any atom is -0.494 e. The first kappa shape index (κ1) is 15.5. The molecular formula is C13H18O5S. The summed E-state index contributed by atoms with van der Waals surface area (Å²) in [5.74, 6) is -0.793. The molecule has 0 heterocycles. The van der Waals surface area contributed by atoms with Crippen LogP contribution in [0.15, 0.2) is 29.2 Å². The van der Waals surface area contributed by atoms with Crippen LogP contribution < -0.4 is 4.74 Å². The normalized spacial score (nSPS) is 14.7. The fourth-order valence-electron chi connectivity index (χ4n) is 1.60. The number of carboxylic acids is 1. The number of rotatable bonds is 6. The van der Waals surface area contributed by atoms with Crippen molar-refractivity contribution in [2.45, 2.75) is 36.8 Å². The highest BCUT2D eigenvalue weighted by atomic mass is 32.2. The highest BCUT2D eigenvalue weighted by Gasteiger charge is 2.45. The molecule has 0 fully saturated rings. The molecule has 1 rings (SSSR count). The summed E-state index contributed by atoms with van der Waals surface area (Å²) in [6.07, 6.45) is -0.00211. The Balaban J connectivity index is 3.23. The Labute approximate surface area is 113 Å². The molecule has 0 radical (unpaired) electrons. The quantitative estimate of drug-likeness (QED) is 0.866. The van der Waals surface area contributed by atoms with Crippen molar-refractivity contribution in [3.8, 4) is 5.75 Å². The van der Waals surface area contributed by atoms with Gasteiger partial charge in [0.2, 0.25) is 0 Å². The van der Waals surface area contributed by atoms with Crippen molar-refractivity contribution < 1.29 is 23.1 Å². The van der Waals surface area contributed by atoms with E-state index >= 15 is 0 Å². The first-order valence-corrected chi connectivity index (χ1v) is 7.48. The lowest BCUT2D eigenvalue weighted by Gasteiger charge is -2.23. The molecule has 1 aromatic rings. The lowest BCUT2D eigenvalue weighted by molar-refractivity contribution is -0.139. The van der Waals surface area contributed by atoms with Crippen molar-refractivity contribution in [3.63, 3.8) is 0 Å². The third kappa shape index (κ3) is 2.73. The highest BCUT2D eigenvalue weighted by Crippen LogP contribution is 2.30. The lowest BCUT2D eigenvalue weighted by Crippen LogP contribution is -2.42. The Morgan fingerprint density at radius 3 is 2.16 bits per heavy atom. The minimum atomic E-state index is -3.94. The zero-order valence-corrected chi connectivity index (χ0v) is 12.0. The summed E-state index contributed by atoms with van der Waals surface area (Å²) >= 11 is 0. The lowest BCUT2D eigenvalue weighted by atomic mass is 10.1. The van der Waals surface area contributed by atoms with Gasteiger partial charge in [-0.25, -0.2) is 8.42 Å². The molecule has 1 aromatic carbocycles. The molecular weight excluding hydrogens is 268 g/mol. The smallest absolute Gasteiger partial charge is 0.325 e. The number of carboxylic acid groups (broad SMARTS) is 1. The van der Waals surface area contributed by atoms with Gasteiger partial charge in [-0.05, 0) is 44.5 Å². The second kappa shape index (κ2) is 5.61. The zero-order valence-electron chi connectivity index (χ0n) is 11.2. The number of benzene rings is 1. The van der Waals surface area contributed by atoms with Crippen LogP contribution in [0.25, 0.3) is 0 Å². The summed E-state index contributed by atoms with van der Waals surface area (Å²) in [5, 5.41) is 9.16. The maximum Gasteiger partial charge on any atom is 0.325 e. The van der Waals surface area contributed by atoms with Gasteiger partial charge in [0, 0.05) is 0 Å². The van der Waals surface area contributed by atoms with Gasteiger partial charge in [-0.15, -0.1) is 0 Å². The van der Waals surface area contributed by atoms with Gasteiger partial charge in [0.15, 0.2) is 14.6 Å². The summed E-state index contributed by atoms with van der Waals surface area (Å²) in [6, 6.07) is 5.79. The maximum atomic E-state index is 12.4. The number of hydrogen-bond acceptors (Lipinski definition) is 4. The molecule has 0 aliphatic heterocycles. The summed E-state index contributed by atoms with van der Waals surface area (Å²) in [6.45, 7) is 5.07. The summed E-state index contributed by atoms with van der Waals surface area (Å²) in [4.78, 5) is 11.2. The topological polar surface area (TPSA) is 80.7 Å². The fraction of sp³-hybridized carbons (Fsp3) is 0.462. The Bertz CT molecular complexity index is 547. The van der Waals surface area contributed by atoms with Crippen LogP contribution in [-0.4, -0.2) is 30.8 Å². The average molecular weight is 286 g/mol. The Morgan fingerprint density at radius 1 is 1.26 bits per heavy atom. The predicted octanol–water partition coefficient (Wildman–Crippen LogP) is 2.11. The fourth-order valence-corrected chi connectivity index (χ4v) is 3.22. The van der Waals surface area contributed by atoms with Gasteiger partial charge in [0.05, 0.1) is 11.5 Å². The van der Waals surface area contributed by atoms with E-state index in [-0.39, 0.29) is 11.3 Å². The molecule has 106 valence electrons. The number of aliphatic carboxylic acids is 1. The molecule has 0 aromatic heterocycles. The third-order valence-corrected chi connectivity index (χ3v) is 5.71. The van der Waals surface area contributed by atoms with Crippen LogP contribution in [0.4, 0.5) is 0 Å². The molecule has 1 unspecified atom stereocenters.